The Morgan fingerprint density at radius 3 is 1.64 bits per heavy atom. The Bertz CT molecular complexity index is 2970. The molecule has 0 nitrogen and oxygen atoms in total. The Morgan fingerprint density at radius 2 is 0.946 bits per heavy atom. The van der Waals surface area contributed by atoms with Gasteiger partial charge < -0.3 is 0 Å². The molecule has 0 amide bonds. The van der Waals surface area contributed by atoms with Crippen molar-refractivity contribution in [3.05, 3.63) is 205 Å². The van der Waals surface area contributed by atoms with Crippen LogP contribution < -0.4 is 0 Å². The summed E-state index contributed by atoms with van der Waals surface area (Å²) in [6, 6.07) is 62.3. The Hall–Kier alpha value is -6.76. The molecular weight excluding hydrogens is 673 g/mol. The van der Waals surface area contributed by atoms with Crippen molar-refractivity contribution in [1.29, 1.82) is 0 Å². The standard InChI is InChI=1S/C55H42.CH4/c1-5-16-50-45(6-2)54(43-22-13-20-40(33-43)41-30-29-36(3)53(35-41)47-32-31-39-18-7-9-24-46(39)37(47)4)51-26-11-12-27-52(51)55(50)44-23-14-21-42(34-44)49-28-15-19-38-17-8-10-25-48(38)49;/h5-35H,2H2,1,3-4H3;1H4/b16-5-;. The minimum Gasteiger partial charge on any atom is -0.0984 e. The van der Waals surface area contributed by atoms with E-state index >= 15 is 0 Å². The van der Waals surface area contributed by atoms with Crippen LogP contribution in [0.2, 0.25) is 0 Å². The molecule has 0 aliphatic rings. The molecule has 0 heteroatoms. The van der Waals surface area contributed by atoms with Gasteiger partial charge in [0.25, 0.3) is 0 Å². The molecule has 9 rings (SSSR count). The van der Waals surface area contributed by atoms with Crippen LogP contribution in [-0.4, -0.2) is 0 Å². The summed E-state index contributed by atoms with van der Waals surface area (Å²) in [5, 5.41) is 7.52. The van der Waals surface area contributed by atoms with Crippen LogP contribution in [0.3, 0.4) is 0 Å². The predicted octanol–water partition coefficient (Wildman–Crippen LogP) is 16.4. The van der Waals surface area contributed by atoms with Gasteiger partial charge in [-0.3, -0.25) is 0 Å². The summed E-state index contributed by atoms with van der Waals surface area (Å²) in [6.45, 7) is 11.0. The third-order valence-corrected chi connectivity index (χ3v) is 11.3. The van der Waals surface area contributed by atoms with Crippen LogP contribution in [0.5, 0.6) is 0 Å². The van der Waals surface area contributed by atoms with Gasteiger partial charge in [0.2, 0.25) is 0 Å². The molecule has 9 aromatic carbocycles. The maximum absolute atomic E-state index is 4.43. The average molecular weight is 719 g/mol. The molecule has 0 bridgehead atoms. The molecule has 0 N–H and O–H groups in total. The number of aryl methyl sites for hydroxylation is 2. The number of fused-ring (bicyclic) bond motifs is 3. The van der Waals surface area contributed by atoms with E-state index in [0.29, 0.717) is 0 Å². The van der Waals surface area contributed by atoms with Crippen LogP contribution in [0.15, 0.2) is 183 Å². The number of benzene rings is 9. The summed E-state index contributed by atoms with van der Waals surface area (Å²) >= 11 is 0. The lowest BCUT2D eigenvalue weighted by Gasteiger charge is -2.21. The first kappa shape index (κ1) is 36.2. The molecule has 0 saturated carbocycles. The maximum Gasteiger partial charge on any atom is -0.00263 e. The highest BCUT2D eigenvalue weighted by atomic mass is 14.2. The van der Waals surface area contributed by atoms with Gasteiger partial charge in [0.15, 0.2) is 0 Å². The molecule has 0 atom stereocenters. The summed E-state index contributed by atoms with van der Waals surface area (Å²) < 4.78 is 0. The molecule has 270 valence electrons. The lowest BCUT2D eigenvalue weighted by Crippen LogP contribution is -1.97. The van der Waals surface area contributed by atoms with Gasteiger partial charge in [-0.2, -0.15) is 0 Å². The van der Waals surface area contributed by atoms with E-state index in [1.165, 1.54) is 105 Å². The lowest BCUT2D eigenvalue weighted by molar-refractivity contribution is 1.43. The molecule has 0 aromatic heterocycles. The molecule has 9 aromatic rings. The Labute approximate surface area is 331 Å². The maximum atomic E-state index is 4.43. The fourth-order valence-electron chi connectivity index (χ4n) is 8.64. The first-order chi connectivity index (χ1) is 27.0. The van der Waals surface area contributed by atoms with Gasteiger partial charge in [0.05, 0.1) is 0 Å². The van der Waals surface area contributed by atoms with Crippen molar-refractivity contribution >= 4 is 44.5 Å². The number of hydrogen-bond donors (Lipinski definition) is 0. The second-order valence-electron chi connectivity index (χ2n) is 14.5. The van der Waals surface area contributed by atoms with Gasteiger partial charge in [-0.15, -0.1) is 0 Å². The van der Waals surface area contributed by atoms with Crippen molar-refractivity contribution in [2.75, 3.05) is 0 Å². The van der Waals surface area contributed by atoms with Crippen molar-refractivity contribution in [1.82, 2.24) is 0 Å². The summed E-state index contributed by atoms with van der Waals surface area (Å²) in [5.74, 6) is 0. The first-order valence-electron chi connectivity index (χ1n) is 19.2. The van der Waals surface area contributed by atoms with E-state index < -0.39 is 0 Å². The zero-order valence-corrected chi connectivity index (χ0v) is 31.6. The zero-order chi connectivity index (χ0) is 37.5. The largest absolute Gasteiger partial charge is 0.0984 e. The summed E-state index contributed by atoms with van der Waals surface area (Å²) in [4.78, 5) is 0. The second kappa shape index (κ2) is 15.2. The number of allylic oxidation sites excluding steroid dienone is 1. The van der Waals surface area contributed by atoms with Crippen molar-refractivity contribution in [3.63, 3.8) is 0 Å². The molecule has 0 unspecified atom stereocenters. The van der Waals surface area contributed by atoms with E-state index in [1.54, 1.807) is 0 Å². The highest BCUT2D eigenvalue weighted by Gasteiger charge is 2.20. The second-order valence-corrected chi connectivity index (χ2v) is 14.5. The van der Waals surface area contributed by atoms with Crippen LogP contribution in [0, 0.1) is 13.8 Å². The molecule has 0 saturated heterocycles. The Morgan fingerprint density at radius 1 is 0.411 bits per heavy atom. The van der Waals surface area contributed by atoms with Crippen molar-refractivity contribution in [2.24, 2.45) is 0 Å². The van der Waals surface area contributed by atoms with Gasteiger partial charge in [-0.1, -0.05) is 184 Å². The van der Waals surface area contributed by atoms with Gasteiger partial charge in [-0.05, 0) is 149 Å². The third-order valence-electron chi connectivity index (χ3n) is 11.3. The van der Waals surface area contributed by atoms with Crippen LogP contribution in [0.25, 0.3) is 100 Å². The Balaban J connectivity index is 0.00000441. The minimum atomic E-state index is 0. The number of hydrogen-bond acceptors (Lipinski definition) is 0. The van der Waals surface area contributed by atoms with E-state index in [9.17, 15) is 0 Å². The van der Waals surface area contributed by atoms with Gasteiger partial charge in [-0.25, -0.2) is 0 Å². The molecular formula is C56H46. The molecule has 0 radical (unpaired) electrons. The topological polar surface area (TPSA) is 0 Å². The van der Waals surface area contributed by atoms with Crippen LogP contribution in [0.1, 0.15) is 36.6 Å². The summed E-state index contributed by atoms with van der Waals surface area (Å²) in [5.41, 5.74) is 17.1. The van der Waals surface area contributed by atoms with Crippen LogP contribution in [0.4, 0.5) is 0 Å². The van der Waals surface area contributed by atoms with E-state index in [0.717, 1.165) is 5.56 Å². The van der Waals surface area contributed by atoms with Crippen molar-refractivity contribution in [2.45, 2.75) is 28.2 Å². The lowest BCUT2D eigenvalue weighted by atomic mass is 9.82. The number of rotatable bonds is 7. The van der Waals surface area contributed by atoms with E-state index in [4.69, 9.17) is 0 Å². The molecule has 0 fully saturated rings. The first-order valence-corrected chi connectivity index (χ1v) is 19.2. The highest BCUT2D eigenvalue weighted by molar-refractivity contribution is 6.12. The smallest absolute Gasteiger partial charge is 0.00263 e. The van der Waals surface area contributed by atoms with Crippen LogP contribution in [-0.2, 0) is 0 Å². The molecule has 0 aliphatic carbocycles. The SMILES string of the molecule is C.C=Cc1c(/C=C\C)c(-c2cccc(-c3cccc4ccccc34)c2)c2ccccc2c1-c1cccc(-c2ccc(C)c(-c3ccc4ccccc4c3C)c2)c1. The normalized spacial score (nSPS) is 11.3. The zero-order valence-electron chi connectivity index (χ0n) is 31.6. The van der Waals surface area contributed by atoms with E-state index in [1.807, 2.05) is 6.08 Å². The highest BCUT2D eigenvalue weighted by Crippen LogP contribution is 2.45. The fraction of sp³-hybridized carbons (Fsp3) is 0.0714. The van der Waals surface area contributed by atoms with Gasteiger partial charge in [0, 0.05) is 0 Å². The van der Waals surface area contributed by atoms with E-state index in [2.05, 4.69) is 209 Å². The molecule has 0 heterocycles. The fourth-order valence-corrected chi connectivity index (χ4v) is 8.64. The minimum absolute atomic E-state index is 0. The van der Waals surface area contributed by atoms with E-state index in [-0.39, 0.29) is 7.43 Å². The summed E-state index contributed by atoms with van der Waals surface area (Å²) in [6.07, 6.45) is 6.46. The third kappa shape index (κ3) is 6.24. The van der Waals surface area contributed by atoms with Crippen molar-refractivity contribution in [3.8, 4) is 55.6 Å². The van der Waals surface area contributed by atoms with Crippen molar-refractivity contribution < 1.29 is 0 Å². The quantitative estimate of drug-likeness (QED) is 0.154. The van der Waals surface area contributed by atoms with Gasteiger partial charge in [0.1, 0.15) is 0 Å². The molecule has 56 heavy (non-hydrogen) atoms. The van der Waals surface area contributed by atoms with Gasteiger partial charge >= 0.3 is 0 Å². The molecule has 0 spiro atoms. The Kier molecular flexibility index (Phi) is 9.81. The average Bonchev–Trinajstić information content (AvgIpc) is 3.23. The predicted molar refractivity (Wildman–Crippen MR) is 247 cm³/mol. The van der Waals surface area contributed by atoms with Crippen LogP contribution >= 0.6 is 0 Å². The molecule has 0 aliphatic heterocycles. The summed E-state index contributed by atoms with van der Waals surface area (Å²) in [7, 11) is 0. The monoisotopic (exact) mass is 718 g/mol.